The Hall–Kier alpha value is -1.04. The topological polar surface area (TPSA) is 41.5 Å². The van der Waals surface area contributed by atoms with Gasteiger partial charge in [0.2, 0.25) is 0 Å². The first-order valence-corrected chi connectivity index (χ1v) is 5.93. The van der Waals surface area contributed by atoms with Crippen molar-refractivity contribution in [2.45, 2.75) is 25.6 Å². The molecule has 0 aliphatic carbocycles. The standard InChI is InChI=1S/C13H19F2NO2/c1-10(11-5-3-2-4-6-11)18-9-12(17)7-16-8-13(14)15/h2-6,10,12-13,16-17H,7-9H2,1H3. The van der Waals surface area contributed by atoms with Crippen molar-refractivity contribution in [3.05, 3.63) is 35.9 Å². The molecule has 0 spiro atoms. The number of ether oxygens (including phenoxy) is 1. The molecule has 2 N–H and O–H groups in total. The monoisotopic (exact) mass is 259 g/mol. The van der Waals surface area contributed by atoms with Crippen LogP contribution in [0.5, 0.6) is 0 Å². The smallest absolute Gasteiger partial charge is 0.250 e. The quantitative estimate of drug-likeness (QED) is 0.750. The fraction of sp³-hybridized carbons (Fsp3) is 0.538. The first-order valence-electron chi connectivity index (χ1n) is 5.93. The van der Waals surface area contributed by atoms with Crippen molar-refractivity contribution in [2.24, 2.45) is 0 Å². The van der Waals surface area contributed by atoms with Crippen LogP contribution in [0.2, 0.25) is 0 Å². The number of aliphatic hydroxyl groups is 1. The lowest BCUT2D eigenvalue weighted by molar-refractivity contribution is -0.00327. The first-order chi connectivity index (χ1) is 8.59. The summed E-state index contributed by atoms with van der Waals surface area (Å²) in [5.74, 6) is 0. The highest BCUT2D eigenvalue weighted by Crippen LogP contribution is 2.15. The number of rotatable bonds is 8. The number of benzene rings is 1. The Kier molecular flexibility index (Phi) is 6.78. The van der Waals surface area contributed by atoms with Gasteiger partial charge in [0.1, 0.15) is 0 Å². The summed E-state index contributed by atoms with van der Waals surface area (Å²) in [5, 5.41) is 12.0. The first kappa shape index (κ1) is 15.0. The van der Waals surface area contributed by atoms with Gasteiger partial charge in [-0.3, -0.25) is 0 Å². The highest BCUT2D eigenvalue weighted by atomic mass is 19.3. The fourth-order valence-corrected chi connectivity index (χ4v) is 1.49. The van der Waals surface area contributed by atoms with Gasteiger partial charge in [0.05, 0.1) is 25.4 Å². The predicted octanol–water partition coefficient (Wildman–Crippen LogP) is 1.98. The normalized spacial score (nSPS) is 14.7. The lowest BCUT2D eigenvalue weighted by Crippen LogP contribution is -2.33. The summed E-state index contributed by atoms with van der Waals surface area (Å²) in [4.78, 5) is 0. The molecule has 0 saturated carbocycles. The zero-order valence-electron chi connectivity index (χ0n) is 10.4. The molecular formula is C13H19F2NO2. The molecule has 0 aliphatic heterocycles. The second-order valence-electron chi connectivity index (χ2n) is 4.09. The number of alkyl halides is 2. The number of hydrogen-bond donors (Lipinski definition) is 2. The van der Waals surface area contributed by atoms with E-state index in [1.165, 1.54) is 0 Å². The highest BCUT2D eigenvalue weighted by molar-refractivity contribution is 5.16. The molecule has 0 heterocycles. The van der Waals surface area contributed by atoms with Crippen molar-refractivity contribution in [3.63, 3.8) is 0 Å². The molecule has 1 rings (SSSR count). The lowest BCUT2D eigenvalue weighted by atomic mass is 10.1. The minimum atomic E-state index is -2.40. The lowest BCUT2D eigenvalue weighted by Gasteiger charge is -2.17. The zero-order valence-corrected chi connectivity index (χ0v) is 10.4. The second-order valence-corrected chi connectivity index (χ2v) is 4.09. The average Bonchev–Trinajstić information content (AvgIpc) is 2.36. The Labute approximate surface area is 106 Å². The predicted molar refractivity (Wildman–Crippen MR) is 65.7 cm³/mol. The van der Waals surface area contributed by atoms with Gasteiger partial charge < -0.3 is 15.2 Å². The van der Waals surface area contributed by atoms with E-state index in [0.717, 1.165) is 5.56 Å². The third-order valence-electron chi connectivity index (χ3n) is 2.49. The third kappa shape index (κ3) is 6.05. The molecule has 2 atom stereocenters. The van der Waals surface area contributed by atoms with E-state index in [-0.39, 0.29) is 19.3 Å². The Balaban J connectivity index is 2.20. The van der Waals surface area contributed by atoms with Gasteiger partial charge in [-0.05, 0) is 12.5 Å². The van der Waals surface area contributed by atoms with Crippen molar-refractivity contribution in [1.82, 2.24) is 5.32 Å². The maximum Gasteiger partial charge on any atom is 0.250 e. The maximum absolute atomic E-state index is 11.8. The van der Waals surface area contributed by atoms with Crippen LogP contribution in [-0.4, -0.2) is 37.3 Å². The molecule has 3 nitrogen and oxygen atoms in total. The van der Waals surface area contributed by atoms with E-state index in [0.29, 0.717) is 0 Å². The van der Waals surface area contributed by atoms with Crippen LogP contribution in [0.4, 0.5) is 8.78 Å². The molecule has 0 aromatic heterocycles. The van der Waals surface area contributed by atoms with Crippen LogP contribution in [0, 0.1) is 0 Å². The molecule has 1 aromatic carbocycles. The summed E-state index contributed by atoms with van der Waals surface area (Å²) < 4.78 is 29.2. The van der Waals surface area contributed by atoms with E-state index >= 15 is 0 Å². The fourth-order valence-electron chi connectivity index (χ4n) is 1.49. The van der Waals surface area contributed by atoms with Crippen LogP contribution in [0.3, 0.4) is 0 Å². The van der Waals surface area contributed by atoms with E-state index in [9.17, 15) is 13.9 Å². The van der Waals surface area contributed by atoms with E-state index in [1.807, 2.05) is 37.3 Å². The van der Waals surface area contributed by atoms with Gasteiger partial charge in [0, 0.05) is 6.54 Å². The second kappa shape index (κ2) is 8.13. The van der Waals surface area contributed by atoms with Crippen molar-refractivity contribution in [1.29, 1.82) is 0 Å². The number of aliphatic hydroxyl groups excluding tert-OH is 1. The van der Waals surface area contributed by atoms with E-state index < -0.39 is 19.1 Å². The van der Waals surface area contributed by atoms with Crippen molar-refractivity contribution in [3.8, 4) is 0 Å². The van der Waals surface area contributed by atoms with Gasteiger partial charge in [-0.25, -0.2) is 8.78 Å². The van der Waals surface area contributed by atoms with Crippen LogP contribution < -0.4 is 5.32 Å². The van der Waals surface area contributed by atoms with Crippen molar-refractivity contribution < 1.29 is 18.6 Å². The van der Waals surface area contributed by atoms with Gasteiger partial charge in [-0.1, -0.05) is 30.3 Å². The van der Waals surface area contributed by atoms with Crippen molar-refractivity contribution >= 4 is 0 Å². The summed E-state index contributed by atoms with van der Waals surface area (Å²) in [6.45, 7) is 1.69. The molecule has 5 heteroatoms. The van der Waals surface area contributed by atoms with Gasteiger partial charge in [0.25, 0.3) is 6.43 Å². The van der Waals surface area contributed by atoms with Gasteiger partial charge in [-0.15, -0.1) is 0 Å². The summed E-state index contributed by atoms with van der Waals surface area (Å²) >= 11 is 0. The summed E-state index contributed by atoms with van der Waals surface area (Å²) in [6, 6.07) is 9.61. The van der Waals surface area contributed by atoms with Gasteiger partial charge in [0.15, 0.2) is 0 Å². The van der Waals surface area contributed by atoms with Crippen LogP contribution >= 0.6 is 0 Å². The molecule has 0 fully saturated rings. The van der Waals surface area contributed by atoms with Crippen molar-refractivity contribution in [2.75, 3.05) is 19.7 Å². The molecule has 0 radical (unpaired) electrons. The van der Waals surface area contributed by atoms with Gasteiger partial charge in [-0.2, -0.15) is 0 Å². The van der Waals surface area contributed by atoms with Crippen LogP contribution in [0.1, 0.15) is 18.6 Å². The maximum atomic E-state index is 11.8. The SMILES string of the molecule is CC(OCC(O)CNCC(F)F)c1ccccc1. The molecule has 18 heavy (non-hydrogen) atoms. The van der Waals surface area contributed by atoms with E-state index in [4.69, 9.17) is 4.74 Å². The van der Waals surface area contributed by atoms with Crippen LogP contribution in [0.25, 0.3) is 0 Å². The number of nitrogens with one attached hydrogen (secondary N) is 1. The zero-order chi connectivity index (χ0) is 13.4. The largest absolute Gasteiger partial charge is 0.389 e. The Bertz CT molecular complexity index is 322. The minimum Gasteiger partial charge on any atom is -0.389 e. The molecule has 0 bridgehead atoms. The number of halogens is 2. The Morgan fingerprint density at radius 3 is 2.50 bits per heavy atom. The summed E-state index contributed by atoms with van der Waals surface area (Å²) in [6.07, 6.45) is -3.31. The third-order valence-corrected chi connectivity index (χ3v) is 2.49. The molecule has 0 amide bonds. The van der Waals surface area contributed by atoms with E-state index in [2.05, 4.69) is 5.32 Å². The van der Waals surface area contributed by atoms with E-state index in [1.54, 1.807) is 0 Å². The molecule has 2 unspecified atom stereocenters. The Morgan fingerprint density at radius 1 is 1.22 bits per heavy atom. The van der Waals surface area contributed by atoms with Crippen LogP contribution in [-0.2, 0) is 4.74 Å². The summed E-state index contributed by atoms with van der Waals surface area (Å²) in [5.41, 5.74) is 1.02. The van der Waals surface area contributed by atoms with Gasteiger partial charge >= 0.3 is 0 Å². The Morgan fingerprint density at radius 2 is 1.89 bits per heavy atom. The molecule has 102 valence electrons. The average molecular weight is 259 g/mol. The number of hydrogen-bond acceptors (Lipinski definition) is 3. The summed E-state index contributed by atoms with van der Waals surface area (Å²) in [7, 11) is 0. The molecule has 1 aromatic rings. The highest BCUT2D eigenvalue weighted by Gasteiger charge is 2.10. The molecule has 0 saturated heterocycles. The minimum absolute atomic E-state index is 0.103. The molecular weight excluding hydrogens is 240 g/mol. The van der Waals surface area contributed by atoms with Crippen LogP contribution in [0.15, 0.2) is 30.3 Å². The molecule has 0 aliphatic rings.